The Morgan fingerprint density at radius 3 is 2.81 bits per heavy atom. The van der Waals surface area contributed by atoms with Crippen LogP contribution in [0.2, 0.25) is 0 Å². The summed E-state index contributed by atoms with van der Waals surface area (Å²) in [5, 5.41) is 0. The lowest BCUT2D eigenvalue weighted by atomic mass is 10.2. The molecule has 4 nitrogen and oxygen atoms in total. The number of aryl methyl sites for hydroxylation is 2. The van der Waals surface area contributed by atoms with Gasteiger partial charge in [0.15, 0.2) is 11.3 Å². The number of nitrogens with zero attached hydrogens (tertiary/aromatic N) is 3. The highest BCUT2D eigenvalue weighted by molar-refractivity contribution is 5.83. The molecule has 2 heterocycles. The topological polar surface area (TPSA) is 54.5 Å². The molecule has 0 aliphatic rings. The molecule has 0 atom stereocenters. The molecule has 80 valence electrons. The first-order chi connectivity index (χ1) is 7.76. The fourth-order valence-electron chi connectivity index (χ4n) is 1.78. The van der Waals surface area contributed by atoms with Crippen LogP contribution in [0.3, 0.4) is 0 Å². The lowest BCUT2D eigenvalue weighted by Crippen LogP contribution is -1.86. The smallest absolute Gasteiger partial charge is 0.198 e. The molecule has 3 aromatic rings. The molecule has 0 bridgehead atoms. The predicted molar refractivity (Wildman–Crippen MR) is 63.3 cm³/mol. The maximum absolute atomic E-state index is 4.53. The quantitative estimate of drug-likeness (QED) is 0.673. The van der Waals surface area contributed by atoms with Crippen molar-refractivity contribution in [1.82, 2.24) is 19.9 Å². The van der Waals surface area contributed by atoms with Crippen LogP contribution in [-0.4, -0.2) is 19.9 Å². The van der Waals surface area contributed by atoms with Crippen LogP contribution in [0.15, 0.2) is 18.2 Å². The van der Waals surface area contributed by atoms with Gasteiger partial charge in [-0.3, -0.25) is 0 Å². The molecule has 3 rings (SSSR count). The Morgan fingerprint density at radius 1 is 1.12 bits per heavy atom. The second-order valence-corrected chi connectivity index (χ2v) is 3.93. The molecule has 0 aliphatic heterocycles. The normalized spacial score (nSPS) is 11.4. The van der Waals surface area contributed by atoms with E-state index < -0.39 is 0 Å². The third-order valence-electron chi connectivity index (χ3n) is 2.64. The van der Waals surface area contributed by atoms with Gasteiger partial charge in [0.1, 0.15) is 5.82 Å². The Kier molecular flexibility index (Phi) is 1.89. The van der Waals surface area contributed by atoms with Crippen LogP contribution < -0.4 is 0 Å². The lowest BCUT2D eigenvalue weighted by molar-refractivity contribution is 0.996. The molecular formula is C12H12N4. The van der Waals surface area contributed by atoms with Gasteiger partial charge < -0.3 is 4.98 Å². The summed E-state index contributed by atoms with van der Waals surface area (Å²) in [5.41, 5.74) is 4.48. The molecule has 4 heteroatoms. The van der Waals surface area contributed by atoms with Crippen molar-refractivity contribution in [2.75, 3.05) is 0 Å². The number of hydrogen-bond donors (Lipinski definition) is 1. The second kappa shape index (κ2) is 3.27. The highest BCUT2D eigenvalue weighted by Gasteiger charge is 2.06. The van der Waals surface area contributed by atoms with Crippen molar-refractivity contribution < 1.29 is 0 Å². The highest BCUT2D eigenvalue weighted by Crippen LogP contribution is 2.15. The molecule has 0 spiro atoms. The Balaban J connectivity index is 2.37. The summed E-state index contributed by atoms with van der Waals surface area (Å²) in [5.74, 6) is 0.932. The zero-order valence-electron chi connectivity index (χ0n) is 9.28. The monoisotopic (exact) mass is 212 g/mol. The first-order valence-electron chi connectivity index (χ1n) is 5.39. The molecule has 0 saturated heterocycles. The van der Waals surface area contributed by atoms with Crippen LogP contribution in [0.5, 0.6) is 0 Å². The molecule has 0 unspecified atom stereocenters. The van der Waals surface area contributed by atoms with Gasteiger partial charge in [0.05, 0.1) is 11.0 Å². The molecule has 0 fully saturated rings. The molecule has 16 heavy (non-hydrogen) atoms. The first-order valence-corrected chi connectivity index (χ1v) is 5.39. The minimum atomic E-state index is 0.702. The summed E-state index contributed by atoms with van der Waals surface area (Å²) in [6.07, 6.45) is 0.868. The lowest BCUT2D eigenvalue weighted by Gasteiger charge is -1.97. The number of nitrogens with one attached hydrogen (secondary N) is 1. The van der Waals surface area contributed by atoms with Crippen LogP contribution in [0, 0.1) is 6.92 Å². The van der Waals surface area contributed by atoms with Gasteiger partial charge in [0.2, 0.25) is 0 Å². The fraction of sp³-hybridized carbons (Fsp3) is 0.250. The number of benzene rings is 1. The SMILES string of the molecule is CCc1nc2nc3ccc(C)cc3nc2[nH]1. The van der Waals surface area contributed by atoms with E-state index >= 15 is 0 Å². The van der Waals surface area contributed by atoms with E-state index in [1.807, 2.05) is 18.2 Å². The van der Waals surface area contributed by atoms with Crippen molar-refractivity contribution in [3.63, 3.8) is 0 Å². The standard InChI is InChI=1S/C12H12N4/c1-3-10-15-11-12(16-10)14-9-6-7(2)4-5-8(9)13-11/h4-6H,3H2,1-2H3,(H,13,14,15,16). The summed E-state index contributed by atoms with van der Waals surface area (Å²) in [6, 6.07) is 6.06. The molecule has 0 aliphatic carbocycles. The van der Waals surface area contributed by atoms with Crippen LogP contribution in [0.1, 0.15) is 18.3 Å². The van der Waals surface area contributed by atoms with Crippen LogP contribution in [0.4, 0.5) is 0 Å². The van der Waals surface area contributed by atoms with E-state index in [0.717, 1.165) is 28.9 Å². The van der Waals surface area contributed by atoms with Gasteiger partial charge in [-0.2, -0.15) is 0 Å². The van der Waals surface area contributed by atoms with Crippen LogP contribution in [-0.2, 0) is 6.42 Å². The minimum Gasteiger partial charge on any atom is -0.325 e. The van der Waals surface area contributed by atoms with E-state index in [1.54, 1.807) is 0 Å². The van der Waals surface area contributed by atoms with E-state index in [0.29, 0.717) is 5.65 Å². The Morgan fingerprint density at radius 2 is 2.00 bits per heavy atom. The number of hydrogen-bond acceptors (Lipinski definition) is 3. The van der Waals surface area contributed by atoms with Gasteiger partial charge in [-0.15, -0.1) is 0 Å². The van der Waals surface area contributed by atoms with Crippen molar-refractivity contribution in [2.24, 2.45) is 0 Å². The summed E-state index contributed by atoms with van der Waals surface area (Å²) < 4.78 is 0. The van der Waals surface area contributed by atoms with Crippen molar-refractivity contribution in [3.05, 3.63) is 29.6 Å². The van der Waals surface area contributed by atoms with Gasteiger partial charge in [-0.25, -0.2) is 15.0 Å². The first kappa shape index (κ1) is 9.27. The molecule has 2 aromatic heterocycles. The summed E-state index contributed by atoms with van der Waals surface area (Å²) in [7, 11) is 0. The van der Waals surface area contributed by atoms with E-state index in [4.69, 9.17) is 0 Å². The number of aromatic nitrogens is 4. The summed E-state index contributed by atoms with van der Waals surface area (Å²) >= 11 is 0. The van der Waals surface area contributed by atoms with Gasteiger partial charge in [0, 0.05) is 6.42 Å². The Labute approximate surface area is 92.8 Å². The van der Waals surface area contributed by atoms with E-state index in [2.05, 4.69) is 33.8 Å². The van der Waals surface area contributed by atoms with E-state index in [1.165, 1.54) is 5.56 Å². The maximum atomic E-state index is 4.53. The van der Waals surface area contributed by atoms with Gasteiger partial charge in [-0.1, -0.05) is 13.0 Å². The third-order valence-corrected chi connectivity index (χ3v) is 2.64. The minimum absolute atomic E-state index is 0.702. The van der Waals surface area contributed by atoms with Crippen LogP contribution >= 0.6 is 0 Å². The Hall–Kier alpha value is -1.97. The van der Waals surface area contributed by atoms with Crippen molar-refractivity contribution in [2.45, 2.75) is 20.3 Å². The molecule has 1 N–H and O–H groups in total. The molecule has 1 aromatic carbocycles. The number of aromatic amines is 1. The molecule has 0 radical (unpaired) electrons. The van der Waals surface area contributed by atoms with Gasteiger partial charge >= 0.3 is 0 Å². The van der Waals surface area contributed by atoms with E-state index in [9.17, 15) is 0 Å². The Bertz CT molecular complexity index is 669. The number of fused-ring (bicyclic) bond motifs is 2. The predicted octanol–water partition coefficient (Wildman–Crippen LogP) is 2.38. The summed E-state index contributed by atoms with van der Waals surface area (Å²) in [6.45, 7) is 4.11. The highest BCUT2D eigenvalue weighted by atomic mass is 15.0. The molecule has 0 saturated carbocycles. The second-order valence-electron chi connectivity index (χ2n) is 3.93. The molecule has 0 amide bonds. The summed E-state index contributed by atoms with van der Waals surface area (Å²) in [4.78, 5) is 16.6. The zero-order valence-corrected chi connectivity index (χ0v) is 9.28. The average molecular weight is 212 g/mol. The molecular weight excluding hydrogens is 200 g/mol. The van der Waals surface area contributed by atoms with Crippen LogP contribution in [0.25, 0.3) is 22.3 Å². The average Bonchev–Trinajstić information content (AvgIpc) is 2.67. The fourth-order valence-corrected chi connectivity index (χ4v) is 1.78. The van der Waals surface area contributed by atoms with Crippen molar-refractivity contribution in [3.8, 4) is 0 Å². The largest absolute Gasteiger partial charge is 0.325 e. The number of imidazole rings is 1. The number of H-pyrrole nitrogens is 1. The number of rotatable bonds is 1. The van der Waals surface area contributed by atoms with Crippen molar-refractivity contribution >= 4 is 22.3 Å². The van der Waals surface area contributed by atoms with Gasteiger partial charge in [0.25, 0.3) is 0 Å². The van der Waals surface area contributed by atoms with Gasteiger partial charge in [-0.05, 0) is 24.6 Å². The zero-order chi connectivity index (χ0) is 11.1. The maximum Gasteiger partial charge on any atom is 0.198 e. The third kappa shape index (κ3) is 1.34. The van der Waals surface area contributed by atoms with E-state index in [-0.39, 0.29) is 0 Å². The van der Waals surface area contributed by atoms with Crippen molar-refractivity contribution in [1.29, 1.82) is 0 Å².